The van der Waals surface area contributed by atoms with Crippen LogP contribution >= 0.6 is 11.8 Å². The van der Waals surface area contributed by atoms with Crippen LogP contribution in [0.25, 0.3) is 11.4 Å². The van der Waals surface area contributed by atoms with Crippen LogP contribution in [0.4, 0.5) is 0 Å². The monoisotopic (exact) mass is 434 g/mol. The zero-order chi connectivity index (χ0) is 21.6. The van der Waals surface area contributed by atoms with E-state index in [0.717, 1.165) is 48.6 Å². The number of aromatic nitrogens is 3. The molecule has 6 nitrogen and oxygen atoms in total. The number of carbonyl (C=O) groups excluding carboxylic acids is 1. The van der Waals surface area contributed by atoms with E-state index in [2.05, 4.69) is 16.8 Å². The molecule has 1 amide bonds. The van der Waals surface area contributed by atoms with Crippen molar-refractivity contribution in [3.8, 4) is 17.1 Å². The first-order chi connectivity index (χ1) is 15.2. The highest BCUT2D eigenvalue weighted by atomic mass is 32.2. The number of carbonyl (C=O) groups is 1. The fraction of sp³-hybridized carbons (Fsp3) is 0.292. The van der Waals surface area contributed by atoms with E-state index in [1.165, 1.54) is 11.8 Å². The minimum atomic E-state index is -0.365. The molecule has 1 atom stereocenters. The maximum absolute atomic E-state index is 13.4. The van der Waals surface area contributed by atoms with Crippen LogP contribution in [0.5, 0.6) is 5.75 Å². The SMILES string of the molecule is C=CCn1c(SC(C(=O)N2CCCC2)c2ccccc2)nnc1-c1ccc(OC)cc1. The van der Waals surface area contributed by atoms with Crippen LogP contribution in [-0.4, -0.2) is 45.8 Å². The Hall–Kier alpha value is -3.06. The van der Waals surface area contributed by atoms with Crippen molar-refractivity contribution >= 4 is 17.7 Å². The molecule has 160 valence electrons. The lowest BCUT2D eigenvalue weighted by Crippen LogP contribution is -2.31. The third-order valence-corrected chi connectivity index (χ3v) is 6.57. The van der Waals surface area contributed by atoms with Crippen molar-refractivity contribution in [2.45, 2.75) is 29.8 Å². The number of hydrogen-bond acceptors (Lipinski definition) is 5. The van der Waals surface area contributed by atoms with Crippen LogP contribution in [0.3, 0.4) is 0 Å². The Morgan fingerprint density at radius 2 is 1.84 bits per heavy atom. The van der Waals surface area contributed by atoms with Gasteiger partial charge in [0.25, 0.3) is 0 Å². The maximum atomic E-state index is 13.4. The second-order valence-electron chi connectivity index (χ2n) is 7.37. The Morgan fingerprint density at radius 3 is 2.48 bits per heavy atom. The van der Waals surface area contributed by atoms with E-state index in [4.69, 9.17) is 4.74 Å². The molecule has 1 saturated heterocycles. The number of hydrogen-bond donors (Lipinski definition) is 0. The number of rotatable bonds is 8. The quantitative estimate of drug-likeness (QED) is 0.383. The van der Waals surface area contributed by atoms with Crippen LogP contribution < -0.4 is 4.74 Å². The Kier molecular flexibility index (Phi) is 6.72. The highest BCUT2D eigenvalue weighted by Gasteiger charge is 2.30. The second kappa shape index (κ2) is 9.83. The summed E-state index contributed by atoms with van der Waals surface area (Å²) in [6.07, 6.45) is 3.94. The smallest absolute Gasteiger partial charge is 0.240 e. The van der Waals surface area contributed by atoms with Crippen molar-refractivity contribution in [2.24, 2.45) is 0 Å². The highest BCUT2D eigenvalue weighted by Crippen LogP contribution is 2.38. The van der Waals surface area contributed by atoms with Crippen LogP contribution in [0, 0.1) is 0 Å². The zero-order valence-corrected chi connectivity index (χ0v) is 18.4. The Morgan fingerprint density at radius 1 is 1.13 bits per heavy atom. The van der Waals surface area contributed by atoms with Gasteiger partial charge < -0.3 is 9.64 Å². The summed E-state index contributed by atoms with van der Waals surface area (Å²) in [6.45, 7) is 6.08. The van der Waals surface area contributed by atoms with Crippen molar-refractivity contribution in [3.05, 3.63) is 72.8 Å². The summed E-state index contributed by atoms with van der Waals surface area (Å²) in [5.74, 6) is 1.66. The van der Waals surface area contributed by atoms with Crippen molar-refractivity contribution in [3.63, 3.8) is 0 Å². The molecule has 3 aromatic rings. The number of allylic oxidation sites excluding steroid dienone is 1. The van der Waals surface area contributed by atoms with Gasteiger partial charge in [-0.3, -0.25) is 9.36 Å². The number of nitrogens with zero attached hydrogens (tertiary/aromatic N) is 4. The molecular weight excluding hydrogens is 408 g/mol. The van der Waals surface area contributed by atoms with E-state index < -0.39 is 0 Å². The fourth-order valence-corrected chi connectivity index (χ4v) is 4.85. The minimum absolute atomic E-state index is 0.132. The molecule has 1 fully saturated rings. The molecule has 0 N–H and O–H groups in total. The number of methoxy groups -OCH3 is 1. The van der Waals surface area contributed by atoms with Crippen LogP contribution in [0.2, 0.25) is 0 Å². The molecule has 1 unspecified atom stereocenters. The van der Waals surface area contributed by atoms with E-state index >= 15 is 0 Å². The van der Waals surface area contributed by atoms with Crippen LogP contribution in [-0.2, 0) is 11.3 Å². The van der Waals surface area contributed by atoms with Crippen LogP contribution in [0.15, 0.2) is 72.4 Å². The average molecular weight is 435 g/mol. The number of amides is 1. The summed E-state index contributed by atoms with van der Waals surface area (Å²) in [5, 5.41) is 9.23. The lowest BCUT2D eigenvalue weighted by Gasteiger charge is -2.23. The molecule has 0 saturated carbocycles. The van der Waals surface area contributed by atoms with E-state index in [-0.39, 0.29) is 11.2 Å². The average Bonchev–Trinajstić information content (AvgIpc) is 3.49. The van der Waals surface area contributed by atoms with Crippen molar-refractivity contribution in [2.75, 3.05) is 20.2 Å². The maximum Gasteiger partial charge on any atom is 0.240 e. The molecule has 2 heterocycles. The van der Waals surface area contributed by atoms with Crippen molar-refractivity contribution < 1.29 is 9.53 Å². The third-order valence-electron chi connectivity index (χ3n) is 5.34. The summed E-state index contributed by atoms with van der Waals surface area (Å²) < 4.78 is 7.27. The van der Waals surface area contributed by atoms with Crippen molar-refractivity contribution in [1.29, 1.82) is 0 Å². The van der Waals surface area contributed by atoms with E-state index in [0.29, 0.717) is 11.7 Å². The molecule has 0 aliphatic carbocycles. The second-order valence-corrected chi connectivity index (χ2v) is 8.45. The normalized spacial score (nSPS) is 14.4. The summed E-state index contributed by atoms with van der Waals surface area (Å²) in [7, 11) is 1.64. The Labute approximate surface area is 186 Å². The van der Waals surface area contributed by atoms with Gasteiger partial charge in [-0.05, 0) is 42.7 Å². The van der Waals surface area contributed by atoms with Gasteiger partial charge in [0, 0.05) is 25.2 Å². The Balaban J connectivity index is 1.68. The third kappa shape index (κ3) is 4.66. The minimum Gasteiger partial charge on any atom is -0.497 e. The Bertz CT molecular complexity index is 1030. The standard InChI is InChI=1S/C24H26N4O2S/c1-3-15-28-22(19-11-13-20(30-2)14-12-19)25-26-24(28)31-21(18-9-5-4-6-10-18)23(29)27-16-7-8-17-27/h3-6,9-14,21H,1,7-8,15-17H2,2H3. The molecule has 2 aromatic carbocycles. The summed E-state index contributed by atoms with van der Waals surface area (Å²) in [6, 6.07) is 17.6. The van der Waals surface area contributed by atoms with E-state index in [1.807, 2.05) is 70.1 Å². The molecule has 4 rings (SSSR count). The molecule has 0 radical (unpaired) electrons. The zero-order valence-electron chi connectivity index (χ0n) is 17.6. The topological polar surface area (TPSA) is 60.2 Å². The van der Waals surface area contributed by atoms with Gasteiger partial charge in [-0.25, -0.2) is 0 Å². The van der Waals surface area contributed by atoms with Gasteiger partial charge in [0.2, 0.25) is 5.91 Å². The number of thioether (sulfide) groups is 1. The summed E-state index contributed by atoms with van der Waals surface area (Å²) in [4.78, 5) is 15.3. The lowest BCUT2D eigenvalue weighted by molar-refractivity contribution is -0.129. The van der Waals surface area contributed by atoms with Crippen LogP contribution in [0.1, 0.15) is 23.7 Å². The van der Waals surface area contributed by atoms with Gasteiger partial charge in [0.05, 0.1) is 7.11 Å². The predicted molar refractivity (Wildman–Crippen MR) is 123 cm³/mol. The predicted octanol–water partition coefficient (Wildman–Crippen LogP) is 4.60. The van der Waals surface area contributed by atoms with Gasteiger partial charge in [-0.15, -0.1) is 16.8 Å². The summed E-state index contributed by atoms with van der Waals surface area (Å²) in [5.41, 5.74) is 1.91. The lowest BCUT2D eigenvalue weighted by atomic mass is 10.1. The van der Waals surface area contributed by atoms with Gasteiger partial charge in [-0.1, -0.05) is 48.2 Å². The first kappa shape index (κ1) is 21.2. The molecule has 7 heteroatoms. The van der Waals surface area contributed by atoms with Crippen molar-refractivity contribution in [1.82, 2.24) is 19.7 Å². The van der Waals surface area contributed by atoms with Gasteiger partial charge in [0.15, 0.2) is 11.0 Å². The van der Waals surface area contributed by atoms with Gasteiger partial charge >= 0.3 is 0 Å². The van der Waals surface area contributed by atoms with Gasteiger partial charge in [-0.2, -0.15) is 0 Å². The molecule has 0 spiro atoms. The fourth-order valence-electron chi connectivity index (χ4n) is 3.72. The molecular formula is C24H26N4O2S. The molecule has 1 aromatic heterocycles. The van der Waals surface area contributed by atoms with Gasteiger partial charge in [0.1, 0.15) is 11.0 Å². The summed E-state index contributed by atoms with van der Waals surface area (Å²) >= 11 is 1.45. The van der Waals surface area contributed by atoms with E-state index in [9.17, 15) is 4.79 Å². The first-order valence-electron chi connectivity index (χ1n) is 10.4. The largest absolute Gasteiger partial charge is 0.497 e. The number of likely N-dealkylation sites (tertiary alicyclic amines) is 1. The number of benzene rings is 2. The molecule has 1 aliphatic heterocycles. The molecule has 1 aliphatic rings. The highest BCUT2D eigenvalue weighted by molar-refractivity contribution is 8.00. The molecule has 31 heavy (non-hydrogen) atoms. The first-order valence-corrected chi connectivity index (χ1v) is 11.3. The molecule has 0 bridgehead atoms. The van der Waals surface area contributed by atoms with E-state index in [1.54, 1.807) is 7.11 Å². The number of ether oxygens (including phenoxy) is 1.